The van der Waals surface area contributed by atoms with Gasteiger partial charge in [0.1, 0.15) is 18.2 Å². The molecule has 0 amide bonds. The number of aryl methyl sites for hydroxylation is 1. The number of aromatic nitrogens is 4. The van der Waals surface area contributed by atoms with Gasteiger partial charge in [0, 0.05) is 5.56 Å². The van der Waals surface area contributed by atoms with Crippen molar-refractivity contribution in [1.29, 1.82) is 0 Å². The second-order valence-corrected chi connectivity index (χ2v) is 4.86. The first-order valence-corrected chi connectivity index (χ1v) is 6.63. The van der Waals surface area contributed by atoms with E-state index in [1.165, 1.54) is 0 Å². The minimum atomic E-state index is 0.634. The Labute approximate surface area is 120 Å². The number of nitrogens with zero attached hydrogens (tertiary/aromatic N) is 4. The van der Waals surface area contributed by atoms with E-state index in [0.717, 1.165) is 27.9 Å². The molecule has 0 N–H and O–H groups in total. The SMILES string of the molecule is Cc1cc(-c2nc3ccccc3o2)ccc1-n1cnnc1. The van der Waals surface area contributed by atoms with Crippen LogP contribution in [0, 0.1) is 6.92 Å². The third kappa shape index (κ3) is 1.99. The van der Waals surface area contributed by atoms with E-state index in [1.54, 1.807) is 12.7 Å². The topological polar surface area (TPSA) is 56.7 Å². The van der Waals surface area contributed by atoms with Crippen molar-refractivity contribution in [3.05, 3.63) is 60.7 Å². The van der Waals surface area contributed by atoms with Gasteiger partial charge in [-0.3, -0.25) is 4.57 Å². The molecule has 2 aromatic carbocycles. The fraction of sp³-hybridized carbons (Fsp3) is 0.0625. The Morgan fingerprint density at radius 3 is 2.57 bits per heavy atom. The summed E-state index contributed by atoms with van der Waals surface area (Å²) in [6.07, 6.45) is 3.36. The molecule has 4 rings (SSSR count). The van der Waals surface area contributed by atoms with Gasteiger partial charge in [0.05, 0.1) is 5.69 Å². The van der Waals surface area contributed by atoms with Gasteiger partial charge in [0.2, 0.25) is 5.89 Å². The van der Waals surface area contributed by atoms with Crippen molar-refractivity contribution in [3.63, 3.8) is 0 Å². The molecule has 2 aromatic heterocycles. The Morgan fingerprint density at radius 1 is 1.00 bits per heavy atom. The summed E-state index contributed by atoms with van der Waals surface area (Å²) in [6, 6.07) is 13.8. The summed E-state index contributed by atoms with van der Waals surface area (Å²) in [7, 11) is 0. The summed E-state index contributed by atoms with van der Waals surface area (Å²) in [5, 5.41) is 7.66. The van der Waals surface area contributed by atoms with Crippen LogP contribution in [0.1, 0.15) is 5.56 Å². The molecule has 0 aliphatic rings. The van der Waals surface area contributed by atoms with Gasteiger partial charge >= 0.3 is 0 Å². The highest BCUT2D eigenvalue weighted by molar-refractivity contribution is 5.76. The highest BCUT2D eigenvalue weighted by Gasteiger charge is 2.10. The van der Waals surface area contributed by atoms with E-state index in [-0.39, 0.29) is 0 Å². The first-order chi connectivity index (χ1) is 10.3. The molecule has 0 fully saturated rings. The van der Waals surface area contributed by atoms with Crippen LogP contribution in [0.5, 0.6) is 0 Å². The number of fused-ring (bicyclic) bond motifs is 1. The largest absolute Gasteiger partial charge is 0.436 e. The molecule has 5 nitrogen and oxygen atoms in total. The average molecular weight is 276 g/mol. The van der Waals surface area contributed by atoms with Crippen molar-refractivity contribution in [1.82, 2.24) is 19.7 Å². The lowest BCUT2D eigenvalue weighted by Crippen LogP contribution is -1.94. The molecule has 21 heavy (non-hydrogen) atoms. The number of benzene rings is 2. The summed E-state index contributed by atoms with van der Waals surface area (Å²) in [4.78, 5) is 4.52. The fourth-order valence-corrected chi connectivity index (χ4v) is 2.40. The maximum Gasteiger partial charge on any atom is 0.227 e. The van der Waals surface area contributed by atoms with Crippen molar-refractivity contribution in [2.75, 3.05) is 0 Å². The highest BCUT2D eigenvalue weighted by Crippen LogP contribution is 2.26. The van der Waals surface area contributed by atoms with E-state index in [2.05, 4.69) is 21.2 Å². The number of rotatable bonds is 2. The van der Waals surface area contributed by atoms with Crippen molar-refractivity contribution < 1.29 is 4.42 Å². The van der Waals surface area contributed by atoms with Gasteiger partial charge in [-0.05, 0) is 42.8 Å². The maximum atomic E-state index is 5.80. The van der Waals surface area contributed by atoms with Crippen LogP contribution < -0.4 is 0 Å². The first-order valence-electron chi connectivity index (χ1n) is 6.63. The predicted molar refractivity (Wildman–Crippen MR) is 79.1 cm³/mol. The highest BCUT2D eigenvalue weighted by atomic mass is 16.3. The van der Waals surface area contributed by atoms with Crippen LogP contribution in [-0.4, -0.2) is 19.7 Å². The predicted octanol–water partition coefficient (Wildman–Crippen LogP) is 3.38. The molecule has 2 heterocycles. The van der Waals surface area contributed by atoms with Crippen molar-refractivity contribution in [2.45, 2.75) is 6.92 Å². The Kier molecular flexibility index (Phi) is 2.57. The Bertz CT molecular complexity index is 876. The van der Waals surface area contributed by atoms with E-state index in [9.17, 15) is 0 Å². The molecule has 0 aliphatic carbocycles. The van der Waals surface area contributed by atoms with Gasteiger partial charge < -0.3 is 4.42 Å². The molecule has 0 spiro atoms. The monoisotopic (exact) mass is 276 g/mol. The van der Waals surface area contributed by atoms with Gasteiger partial charge in [0.15, 0.2) is 5.58 Å². The molecule has 0 aliphatic heterocycles. The van der Waals surface area contributed by atoms with E-state index < -0.39 is 0 Å². The summed E-state index contributed by atoms with van der Waals surface area (Å²) in [6.45, 7) is 2.04. The number of hydrogen-bond donors (Lipinski definition) is 0. The molecule has 0 bridgehead atoms. The number of hydrogen-bond acceptors (Lipinski definition) is 4. The van der Waals surface area contributed by atoms with Crippen LogP contribution in [0.2, 0.25) is 0 Å². The lowest BCUT2D eigenvalue weighted by Gasteiger charge is -2.06. The van der Waals surface area contributed by atoms with E-state index >= 15 is 0 Å². The number of para-hydroxylation sites is 2. The first kappa shape index (κ1) is 11.8. The second kappa shape index (κ2) is 4.56. The Balaban J connectivity index is 1.80. The fourth-order valence-electron chi connectivity index (χ4n) is 2.40. The molecule has 0 saturated carbocycles. The summed E-state index contributed by atoms with van der Waals surface area (Å²) < 4.78 is 7.68. The standard InChI is InChI=1S/C16H12N4O/c1-11-8-12(6-7-14(11)20-9-17-18-10-20)16-19-13-4-2-3-5-15(13)21-16/h2-10H,1H3. The quantitative estimate of drug-likeness (QED) is 0.563. The molecular formula is C16H12N4O. The molecule has 0 radical (unpaired) electrons. The minimum Gasteiger partial charge on any atom is -0.436 e. The number of oxazole rings is 1. The molecule has 102 valence electrons. The van der Waals surface area contributed by atoms with Gasteiger partial charge in [-0.1, -0.05) is 12.1 Å². The molecule has 5 heteroatoms. The molecule has 4 aromatic rings. The third-order valence-corrected chi connectivity index (χ3v) is 3.43. The summed E-state index contributed by atoms with van der Waals surface area (Å²) >= 11 is 0. The molecule has 0 unspecified atom stereocenters. The van der Waals surface area contributed by atoms with Gasteiger partial charge in [-0.2, -0.15) is 0 Å². The van der Waals surface area contributed by atoms with Gasteiger partial charge in [0.25, 0.3) is 0 Å². The summed E-state index contributed by atoms with van der Waals surface area (Å²) in [5.74, 6) is 0.634. The zero-order valence-electron chi connectivity index (χ0n) is 11.4. The molecule has 0 saturated heterocycles. The second-order valence-electron chi connectivity index (χ2n) is 4.86. The van der Waals surface area contributed by atoms with Crippen LogP contribution in [0.3, 0.4) is 0 Å². The van der Waals surface area contributed by atoms with Crippen LogP contribution in [-0.2, 0) is 0 Å². The lowest BCUT2D eigenvalue weighted by atomic mass is 10.1. The van der Waals surface area contributed by atoms with E-state index in [0.29, 0.717) is 5.89 Å². The van der Waals surface area contributed by atoms with E-state index in [4.69, 9.17) is 4.42 Å². The Hall–Kier alpha value is -2.95. The van der Waals surface area contributed by atoms with Crippen molar-refractivity contribution in [3.8, 4) is 17.1 Å². The molecular weight excluding hydrogens is 264 g/mol. The maximum absolute atomic E-state index is 5.80. The smallest absolute Gasteiger partial charge is 0.227 e. The van der Waals surface area contributed by atoms with Crippen LogP contribution in [0.15, 0.2) is 59.5 Å². The van der Waals surface area contributed by atoms with Crippen LogP contribution in [0.25, 0.3) is 28.2 Å². The zero-order valence-corrected chi connectivity index (χ0v) is 11.4. The minimum absolute atomic E-state index is 0.634. The van der Waals surface area contributed by atoms with Crippen molar-refractivity contribution in [2.24, 2.45) is 0 Å². The third-order valence-electron chi connectivity index (χ3n) is 3.43. The van der Waals surface area contributed by atoms with E-state index in [1.807, 2.05) is 47.9 Å². The van der Waals surface area contributed by atoms with Gasteiger partial charge in [-0.15, -0.1) is 10.2 Å². The van der Waals surface area contributed by atoms with Gasteiger partial charge in [-0.25, -0.2) is 4.98 Å². The zero-order chi connectivity index (χ0) is 14.2. The van der Waals surface area contributed by atoms with Crippen LogP contribution >= 0.6 is 0 Å². The average Bonchev–Trinajstić information content (AvgIpc) is 3.16. The molecule has 0 atom stereocenters. The lowest BCUT2D eigenvalue weighted by molar-refractivity contribution is 0.620. The summed E-state index contributed by atoms with van der Waals surface area (Å²) in [5.41, 5.74) is 4.77. The van der Waals surface area contributed by atoms with Crippen molar-refractivity contribution >= 4 is 11.1 Å². The normalized spacial score (nSPS) is 11.1. The van der Waals surface area contributed by atoms with Crippen LogP contribution in [0.4, 0.5) is 0 Å². The Morgan fingerprint density at radius 2 is 1.81 bits per heavy atom.